The van der Waals surface area contributed by atoms with Crippen LogP contribution in [0.15, 0.2) is 59.6 Å². The Morgan fingerprint density at radius 1 is 1.09 bits per heavy atom. The molecule has 180 valence electrons. The lowest BCUT2D eigenvalue weighted by atomic mass is 9.85. The fourth-order valence-corrected chi connectivity index (χ4v) is 3.73. The minimum atomic E-state index is 0. The van der Waals surface area contributed by atoms with E-state index in [0.29, 0.717) is 12.6 Å². The second-order valence-electron chi connectivity index (χ2n) is 8.71. The number of nitrogens with zero attached hydrogens (tertiary/aromatic N) is 2. The summed E-state index contributed by atoms with van der Waals surface area (Å²) in [5.74, 6) is 1.12. The van der Waals surface area contributed by atoms with Gasteiger partial charge in [-0.3, -0.25) is 14.7 Å². The molecule has 0 bridgehead atoms. The van der Waals surface area contributed by atoms with Gasteiger partial charge in [0.25, 0.3) is 0 Å². The highest BCUT2D eigenvalue weighted by atomic mass is 127. The van der Waals surface area contributed by atoms with Crippen molar-refractivity contribution < 1.29 is 4.79 Å². The van der Waals surface area contributed by atoms with Gasteiger partial charge in [-0.15, -0.1) is 24.0 Å². The van der Waals surface area contributed by atoms with E-state index in [-0.39, 0.29) is 35.8 Å². The number of amides is 1. The van der Waals surface area contributed by atoms with Crippen molar-refractivity contribution in [1.29, 1.82) is 0 Å². The first kappa shape index (κ1) is 27.1. The highest BCUT2D eigenvalue weighted by Gasteiger charge is 2.25. The van der Waals surface area contributed by atoms with Crippen LogP contribution in [-0.4, -0.2) is 43.4 Å². The van der Waals surface area contributed by atoms with Crippen molar-refractivity contribution in [3.63, 3.8) is 0 Å². The van der Waals surface area contributed by atoms with Crippen molar-refractivity contribution in [2.75, 3.05) is 26.0 Å². The number of rotatable bonds is 10. The maximum Gasteiger partial charge on any atom is 0.227 e. The molecule has 0 aliphatic heterocycles. The molecule has 1 aliphatic rings. The van der Waals surface area contributed by atoms with Crippen molar-refractivity contribution in [1.82, 2.24) is 15.5 Å². The molecule has 1 unspecified atom stereocenters. The second-order valence-corrected chi connectivity index (χ2v) is 8.71. The van der Waals surface area contributed by atoms with Gasteiger partial charge in [0.1, 0.15) is 0 Å². The van der Waals surface area contributed by atoms with E-state index in [1.807, 2.05) is 18.2 Å². The van der Waals surface area contributed by atoms with Crippen molar-refractivity contribution in [3.05, 3.63) is 65.7 Å². The van der Waals surface area contributed by atoms with E-state index in [2.05, 4.69) is 76.2 Å². The van der Waals surface area contributed by atoms with Gasteiger partial charge in [0.2, 0.25) is 5.91 Å². The Labute approximate surface area is 215 Å². The number of carbonyl (C=O) groups is 1. The summed E-state index contributed by atoms with van der Waals surface area (Å²) >= 11 is 0. The molecule has 1 aliphatic carbocycles. The van der Waals surface area contributed by atoms with Crippen LogP contribution >= 0.6 is 24.0 Å². The van der Waals surface area contributed by atoms with Gasteiger partial charge >= 0.3 is 0 Å². The standard InChI is InChI=1S/C26H37N5O.HI/c1-20(31(3)19-21-9-5-4-6-10-21)15-16-28-26(27-2)29-18-22-11-7-14-24(17-22)30-25(32)23-12-8-13-23;/h4-7,9-11,14,17,20,23H,8,12-13,15-16,18-19H2,1-3H3,(H,30,32)(H2,27,28,29);1H. The van der Waals surface area contributed by atoms with Crippen LogP contribution in [0.1, 0.15) is 43.7 Å². The summed E-state index contributed by atoms with van der Waals surface area (Å²) in [6.07, 6.45) is 4.20. The Bertz CT molecular complexity index is 885. The summed E-state index contributed by atoms with van der Waals surface area (Å²) in [6.45, 7) is 4.69. The van der Waals surface area contributed by atoms with Gasteiger partial charge in [-0.2, -0.15) is 0 Å². The lowest BCUT2D eigenvalue weighted by Crippen LogP contribution is -2.39. The van der Waals surface area contributed by atoms with E-state index >= 15 is 0 Å². The van der Waals surface area contributed by atoms with Gasteiger partial charge < -0.3 is 16.0 Å². The molecule has 1 atom stereocenters. The van der Waals surface area contributed by atoms with Gasteiger partial charge in [0.05, 0.1) is 0 Å². The summed E-state index contributed by atoms with van der Waals surface area (Å²) in [7, 11) is 3.96. The number of nitrogens with one attached hydrogen (secondary N) is 3. The van der Waals surface area contributed by atoms with Crippen molar-refractivity contribution in [2.45, 2.75) is 51.7 Å². The number of benzene rings is 2. The zero-order valence-corrected chi connectivity index (χ0v) is 22.3. The lowest BCUT2D eigenvalue weighted by molar-refractivity contribution is -0.122. The first-order valence-electron chi connectivity index (χ1n) is 11.6. The third-order valence-electron chi connectivity index (χ3n) is 6.24. The topological polar surface area (TPSA) is 68.8 Å². The van der Waals surface area contributed by atoms with E-state index in [1.165, 1.54) is 5.56 Å². The molecule has 7 heteroatoms. The Morgan fingerprint density at radius 2 is 1.82 bits per heavy atom. The number of guanidine groups is 1. The van der Waals surface area contributed by atoms with Crippen LogP contribution < -0.4 is 16.0 Å². The molecule has 2 aromatic rings. The first-order valence-corrected chi connectivity index (χ1v) is 11.6. The molecule has 0 aromatic heterocycles. The minimum absolute atomic E-state index is 0. The molecule has 1 fully saturated rings. The molecule has 1 amide bonds. The molecule has 0 radical (unpaired) electrons. The molecule has 6 nitrogen and oxygen atoms in total. The number of halogens is 1. The molecule has 3 rings (SSSR count). The van der Waals surface area contributed by atoms with E-state index in [0.717, 1.165) is 56.0 Å². The molecule has 33 heavy (non-hydrogen) atoms. The molecular formula is C26H38IN5O. The zero-order valence-electron chi connectivity index (χ0n) is 20.0. The molecule has 0 spiro atoms. The van der Waals surface area contributed by atoms with E-state index in [1.54, 1.807) is 7.05 Å². The third-order valence-corrected chi connectivity index (χ3v) is 6.24. The molecule has 1 saturated carbocycles. The smallest absolute Gasteiger partial charge is 0.227 e. The van der Waals surface area contributed by atoms with Crippen molar-refractivity contribution in [3.8, 4) is 0 Å². The van der Waals surface area contributed by atoms with Crippen LogP contribution in [0.4, 0.5) is 5.69 Å². The Balaban J connectivity index is 0.00000385. The van der Waals surface area contributed by atoms with Crippen LogP contribution in [-0.2, 0) is 17.9 Å². The number of anilines is 1. The normalized spacial score (nSPS) is 14.7. The quantitative estimate of drug-likeness (QED) is 0.224. The van der Waals surface area contributed by atoms with E-state index in [4.69, 9.17) is 0 Å². The van der Waals surface area contributed by atoms with Crippen molar-refractivity contribution in [2.24, 2.45) is 10.9 Å². The first-order chi connectivity index (χ1) is 15.5. The maximum atomic E-state index is 12.2. The van der Waals surface area contributed by atoms with E-state index < -0.39 is 0 Å². The summed E-state index contributed by atoms with van der Waals surface area (Å²) in [6, 6.07) is 19.0. The maximum absolute atomic E-state index is 12.2. The summed E-state index contributed by atoms with van der Waals surface area (Å²) in [4.78, 5) is 18.9. The summed E-state index contributed by atoms with van der Waals surface area (Å²) in [5, 5.41) is 9.82. The Hall–Kier alpha value is -2.13. The van der Waals surface area contributed by atoms with Crippen LogP contribution in [0.25, 0.3) is 0 Å². The third kappa shape index (κ3) is 8.97. The van der Waals surface area contributed by atoms with Gasteiger partial charge in [0.15, 0.2) is 5.96 Å². The predicted octanol–water partition coefficient (Wildman–Crippen LogP) is 4.62. The van der Waals surface area contributed by atoms with Crippen LogP contribution in [0.5, 0.6) is 0 Å². The van der Waals surface area contributed by atoms with Gasteiger partial charge in [-0.05, 0) is 56.5 Å². The Morgan fingerprint density at radius 3 is 2.48 bits per heavy atom. The van der Waals surface area contributed by atoms with Gasteiger partial charge in [-0.25, -0.2) is 0 Å². The average Bonchev–Trinajstić information content (AvgIpc) is 2.75. The van der Waals surface area contributed by atoms with Crippen molar-refractivity contribution >= 4 is 41.5 Å². The zero-order chi connectivity index (χ0) is 22.8. The molecule has 3 N–H and O–H groups in total. The highest BCUT2D eigenvalue weighted by molar-refractivity contribution is 14.0. The van der Waals surface area contributed by atoms with Gasteiger partial charge in [0, 0.05) is 44.3 Å². The highest BCUT2D eigenvalue weighted by Crippen LogP contribution is 2.27. The van der Waals surface area contributed by atoms with Crippen LogP contribution in [0, 0.1) is 5.92 Å². The molecule has 2 aromatic carbocycles. The number of aliphatic imine (C=N–C) groups is 1. The lowest BCUT2D eigenvalue weighted by Gasteiger charge is -2.25. The second kappa shape index (κ2) is 14.2. The SMILES string of the molecule is CN=C(NCCC(C)N(C)Cc1ccccc1)NCc1cccc(NC(=O)C2CCC2)c1.I. The number of hydrogen-bond donors (Lipinski definition) is 3. The monoisotopic (exact) mass is 563 g/mol. The molecule has 0 saturated heterocycles. The van der Waals surface area contributed by atoms with Crippen LogP contribution in [0.3, 0.4) is 0 Å². The fourth-order valence-electron chi connectivity index (χ4n) is 3.73. The van der Waals surface area contributed by atoms with Crippen LogP contribution in [0.2, 0.25) is 0 Å². The van der Waals surface area contributed by atoms with E-state index in [9.17, 15) is 4.79 Å². The Kier molecular flexibility index (Phi) is 11.7. The minimum Gasteiger partial charge on any atom is -0.356 e. The molecule has 0 heterocycles. The predicted molar refractivity (Wildman–Crippen MR) is 148 cm³/mol. The molecular weight excluding hydrogens is 525 g/mol. The summed E-state index contributed by atoms with van der Waals surface area (Å²) < 4.78 is 0. The number of carbonyl (C=O) groups excluding carboxylic acids is 1. The van der Waals surface area contributed by atoms with Gasteiger partial charge in [-0.1, -0.05) is 48.9 Å². The average molecular weight is 564 g/mol. The summed E-state index contributed by atoms with van der Waals surface area (Å²) in [5.41, 5.74) is 3.30. The fraction of sp³-hybridized carbons (Fsp3) is 0.462. The number of hydrogen-bond acceptors (Lipinski definition) is 3. The largest absolute Gasteiger partial charge is 0.356 e.